The highest BCUT2D eigenvalue weighted by Crippen LogP contribution is 2.57. The fourth-order valence-electron chi connectivity index (χ4n) is 5.27. The van der Waals surface area contributed by atoms with Crippen LogP contribution in [0.15, 0.2) is 18.2 Å². The van der Waals surface area contributed by atoms with E-state index >= 15 is 0 Å². The largest absolute Gasteiger partial charge is 0.455 e. The van der Waals surface area contributed by atoms with Crippen molar-refractivity contribution in [3.63, 3.8) is 0 Å². The number of aryl methyl sites for hydroxylation is 1. The van der Waals surface area contributed by atoms with Gasteiger partial charge in [0.15, 0.2) is 0 Å². The van der Waals surface area contributed by atoms with Crippen LogP contribution in [0.3, 0.4) is 0 Å². The summed E-state index contributed by atoms with van der Waals surface area (Å²) in [7, 11) is 0. The van der Waals surface area contributed by atoms with E-state index in [4.69, 9.17) is 10.5 Å². The standard InChI is InChI=1S/C18H23NO2/c1-11-3-2-4-15(16(11)19)17(20)21-18-8-12-5-13(9-18)7-14(6-12)10-18/h2-4,12-14H,5-10,19H2,1H3. The van der Waals surface area contributed by atoms with Crippen LogP contribution >= 0.6 is 0 Å². The summed E-state index contributed by atoms with van der Waals surface area (Å²) in [5.74, 6) is 2.11. The van der Waals surface area contributed by atoms with Crippen molar-refractivity contribution < 1.29 is 9.53 Å². The SMILES string of the molecule is Cc1cccc(C(=O)OC23CC4CC(CC(C4)C2)C3)c1N. The number of para-hydroxylation sites is 1. The maximum atomic E-state index is 12.6. The van der Waals surface area contributed by atoms with Gasteiger partial charge in [0, 0.05) is 5.69 Å². The number of ether oxygens (including phenoxy) is 1. The van der Waals surface area contributed by atoms with Crippen LogP contribution in [0.5, 0.6) is 0 Å². The van der Waals surface area contributed by atoms with Gasteiger partial charge < -0.3 is 10.5 Å². The molecular weight excluding hydrogens is 262 g/mol. The highest BCUT2D eigenvalue weighted by atomic mass is 16.6. The molecule has 0 heterocycles. The zero-order chi connectivity index (χ0) is 14.6. The van der Waals surface area contributed by atoms with Crippen molar-refractivity contribution in [1.82, 2.24) is 0 Å². The number of rotatable bonds is 2. The molecule has 3 nitrogen and oxygen atoms in total. The molecule has 4 aliphatic rings. The van der Waals surface area contributed by atoms with Crippen LogP contribution < -0.4 is 5.73 Å². The molecule has 0 amide bonds. The first-order valence-electron chi connectivity index (χ1n) is 8.13. The molecule has 1 aromatic rings. The predicted octanol–water partition coefficient (Wildman–Crippen LogP) is 3.70. The first-order valence-corrected chi connectivity index (χ1v) is 8.13. The second-order valence-corrected chi connectivity index (χ2v) is 7.53. The smallest absolute Gasteiger partial charge is 0.340 e. The number of carbonyl (C=O) groups is 1. The third kappa shape index (κ3) is 2.14. The van der Waals surface area contributed by atoms with Crippen LogP contribution in [-0.4, -0.2) is 11.6 Å². The Bertz CT molecular complexity index is 558. The normalized spacial score (nSPS) is 36.7. The summed E-state index contributed by atoms with van der Waals surface area (Å²) in [5, 5.41) is 0. The summed E-state index contributed by atoms with van der Waals surface area (Å²) >= 11 is 0. The van der Waals surface area contributed by atoms with E-state index in [9.17, 15) is 4.79 Å². The van der Waals surface area contributed by atoms with Crippen LogP contribution in [0.2, 0.25) is 0 Å². The molecule has 0 unspecified atom stereocenters. The average molecular weight is 285 g/mol. The van der Waals surface area contributed by atoms with Gasteiger partial charge in [-0.2, -0.15) is 0 Å². The topological polar surface area (TPSA) is 52.3 Å². The lowest BCUT2D eigenvalue weighted by molar-refractivity contribution is -0.131. The fourth-order valence-corrected chi connectivity index (χ4v) is 5.27. The van der Waals surface area contributed by atoms with E-state index in [0.29, 0.717) is 11.3 Å². The average Bonchev–Trinajstić information content (AvgIpc) is 2.39. The zero-order valence-electron chi connectivity index (χ0n) is 12.6. The van der Waals surface area contributed by atoms with Crippen LogP contribution in [0, 0.1) is 24.7 Å². The number of esters is 1. The molecule has 4 fully saturated rings. The van der Waals surface area contributed by atoms with Crippen molar-refractivity contribution in [1.29, 1.82) is 0 Å². The Morgan fingerprint density at radius 1 is 1.14 bits per heavy atom. The van der Waals surface area contributed by atoms with Crippen LogP contribution in [0.4, 0.5) is 5.69 Å². The Morgan fingerprint density at radius 2 is 1.71 bits per heavy atom. The van der Waals surface area contributed by atoms with Gasteiger partial charge in [0.25, 0.3) is 0 Å². The fraction of sp³-hybridized carbons (Fsp3) is 0.611. The van der Waals surface area contributed by atoms with Gasteiger partial charge in [-0.15, -0.1) is 0 Å². The maximum Gasteiger partial charge on any atom is 0.340 e. The monoisotopic (exact) mass is 285 g/mol. The molecule has 4 saturated carbocycles. The quantitative estimate of drug-likeness (QED) is 0.666. The minimum atomic E-state index is -0.224. The molecule has 2 N–H and O–H groups in total. The van der Waals surface area contributed by atoms with Gasteiger partial charge in [-0.1, -0.05) is 12.1 Å². The van der Waals surface area contributed by atoms with E-state index < -0.39 is 0 Å². The van der Waals surface area contributed by atoms with E-state index in [2.05, 4.69) is 0 Å². The van der Waals surface area contributed by atoms with Gasteiger partial charge in [-0.05, 0) is 74.8 Å². The van der Waals surface area contributed by atoms with Crippen LogP contribution in [0.25, 0.3) is 0 Å². The van der Waals surface area contributed by atoms with Crippen molar-refractivity contribution in [2.75, 3.05) is 5.73 Å². The molecule has 4 aliphatic carbocycles. The molecule has 1 aromatic carbocycles. The van der Waals surface area contributed by atoms with Gasteiger partial charge in [0.05, 0.1) is 5.56 Å². The summed E-state index contributed by atoms with van der Waals surface area (Å²) < 4.78 is 6.05. The number of nitrogen functional groups attached to an aromatic ring is 1. The maximum absolute atomic E-state index is 12.6. The molecule has 0 saturated heterocycles. The molecule has 5 rings (SSSR count). The van der Waals surface area contributed by atoms with Crippen molar-refractivity contribution in [2.45, 2.75) is 51.0 Å². The molecule has 0 aliphatic heterocycles. The summed E-state index contributed by atoms with van der Waals surface area (Å²) in [5.41, 5.74) is 7.89. The van der Waals surface area contributed by atoms with Gasteiger partial charge in [0.2, 0.25) is 0 Å². The highest BCUT2D eigenvalue weighted by Gasteiger charge is 2.53. The van der Waals surface area contributed by atoms with Crippen LogP contribution in [0.1, 0.15) is 54.4 Å². The second kappa shape index (κ2) is 4.49. The van der Waals surface area contributed by atoms with Crippen molar-refractivity contribution >= 4 is 11.7 Å². The lowest BCUT2D eigenvalue weighted by atomic mass is 9.54. The zero-order valence-corrected chi connectivity index (χ0v) is 12.6. The van der Waals surface area contributed by atoms with E-state index in [0.717, 1.165) is 42.6 Å². The van der Waals surface area contributed by atoms with Crippen molar-refractivity contribution in [2.24, 2.45) is 17.8 Å². The summed E-state index contributed by atoms with van der Waals surface area (Å²) in [6, 6.07) is 5.59. The van der Waals surface area contributed by atoms with E-state index in [1.54, 1.807) is 6.07 Å². The molecule has 112 valence electrons. The second-order valence-electron chi connectivity index (χ2n) is 7.53. The van der Waals surface area contributed by atoms with E-state index in [1.807, 2.05) is 19.1 Å². The molecule has 3 heteroatoms. The summed E-state index contributed by atoms with van der Waals surface area (Å²) in [6.07, 6.45) is 7.25. The molecule has 0 aromatic heterocycles. The molecule has 0 atom stereocenters. The van der Waals surface area contributed by atoms with Crippen molar-refractivity contribution in [3.05, 3.63) is 29.3 Å². The van der Waals surface area contributed by atoms with Crippen LogP contribution in [-0.2, 0) is 4.74 Å². The van der Waals surface area contributed by atoms with E-state index in [-0.39, 0.29) is 11.6 Å². The Labute approximate surface area is 125 Å². The van der Waals surface area contributed by atoms with Crippen molar-refractivity contribution in [3.8, 4) is 0 Å². The highest BCUT2D eigenvalue weighted by molar-refractivity contribution is 5.96. The van der Waals surface area contributed by atoms with Gasteiger partial charge >= 0.3 is 5.97 Å². The van der Waals surface area contributed by atoms with Gasteiger partial charge in [-0.3, -0.25) is 0 Å². The number of carbonyl (C=O) groups excluding carboxylic acids is 1. The minimum absolute atomic E-state index is 0.192. The van der Waals surface area contributed by atoms with Gasteiger partial charge in [0.1, 0.15) is 5.60 Å². The summed E-state index contributed by atoms with van der Waals surface area (Å²) in [4.78, 5) is 12.6. The predicted molar refractivity (Wildman–Crippen MR) is 81.9 cm³/mol. The third-order valence-electron chi connectivity index (χ3n) is 5.84. The van der Waals surface area contributed by atoms with Gasteiger partial charge in [-0.25, -0.2) is 4.79 Å². The Kier molecular flexibility index (Phi) is 2.82. The molecule has 4 bridgehead atoms. The Hall–Kier alpha value is -1.51. The lowest BCUT2D eigenvalue weighted by Crippen LogP contribution is -2.52. The molecular formula is C18H23NO2. The first kappa shape index (κ1) is 13.2. The number of benzene rings is 1. The van der Waals surface area contributed by atoms with E-state index in [1.165, 1.54) is 19.3 Å². The number of nitrogens with two attached hydrogens (primary N) is 1. The molecule has 21 heavy (non-hydrogen) atoms. The lowest BCUT2D eigenvalue weighted by Gasteiger charge is -2.55. The number of anilines is 1. The number of hydrogen-bond acceptors (Lipinski definition) is 3. The molecule has 0 spiro atoms. The summed E-state index contributed by atoms with van der Waals surface area (Å²) in [6.45, 7) is 1.93. The Balaban J connectivity index is 1.58. The first-order chi connectivity index (χ1) is 10.0. The Morgan fingerprint density at radius 3 is 2.29 bits per heavy atom. The number of hydrogen-bond donors (Lipinski definition) is 1. The minimum Gasteiger partial charge on any atom is -0.455 e. The molecule has 0 radical (unpaired) electrons. The third-order valence-corrected chi connectivity index (χ3v) is 5.84.